The average Bonchev–Trinajstić information content (AvgIpc) is 3.16. The molecule has 0 bridgehead atoms. The number of nitrogens with zero attached hydrogens (tertiary/aromatic N) is 2. The number of ether oxygens (including phenoxy) is 1. The van der Waals surface area contributed by atoms with Crippen molar-refractivity contribution in [2.45, 2.75) is 11.8 Å². The summed E-state index contributed by atoms with van der Waals surface area (Å²) in [7, 11) is -4.24. The van der Waals surface area contributed by atoms with Crippen LogP contribution in [0.4, 0.5) is 16.5 Å². The van der Waals surface area contributed by atoms with Gasteiger partial charge >= 0.3 is 5.97 Å². The second-order valence-electron chi connectivity index (χ2n) is 6.32. The third kappa shape index (κ3) is 5.65. The van der Waals surface area contributed by atoms with Crippen LogP contribution in [0.3, 0.4) is 0 Å². The lowest BCUT2D eigenvalue weighted by molar-refractivity contribution is -0.385. The highest BCUT2D eigenvalue weighted by molar-refractivity contribution is 7.92. The Kier molecular flexibility index (Phi) is 6.80. The lowest BCUT2D eigenvalue weighted by Crippen LogP contribution is -2.22. The van der Waals surface area contributed by atoms with Crippen molar-refractivity contribution in [2.24, 2.45) is 0 Å². The van der Waals surface area contributed by atoms with E-state index in [-0.39, 0.29) is 16.1 Å². The molecule has 0 aliphatic carbocycles. The normalized spacial score (nSPS) is 10.9. The number of hydrogen-bond donors (Lipinski definition) is 2. The van der Waals surface area contributed by atoms with Crippen molar-refractivity contribution in [3.05, 3.63) is 75.3 Å². The molecule has 0 spiro atoms. The third-order valence-corrected chi connectivity index (χ3v) is 6.17. The van der Waals surface area contributed by atoms with E-state index in [1.54, 1.807) is 12.3 Å². The summed E-state index contributed by atoms with van der Waals surface area (Å²) in [4.78, 5) is 38.3. The number of hydrogen-bond acceptors (Lipinski definition) is 9. The molecule has 0 saturated carbocycles. The van der Waals surface area contributed by atoms with Crippen LogP contribution in [0.5, 0.6) is 0 Å². The van der Waals surface area contributed by atoms with Crippen molar-refractivity contribution in [2.75, 3.05) is 16.6 Å². The molecule has 0 aliphatic rings. The van der Waals surface area contributed by atoms with Gasteiger partial charge in [-0.1, -0.05) is 18.2 Å². The summed E-state index contributed by atoms with van der Waals surface area (Å²) < 4.78 is 32.5. The molecule has 2 aromatic carbocycles. The predicted molar refractivity (Wildman–Crippen MR) is 116 cm³/mol. The second kappa shape index (κ2) is 9.53. The maximum Gasteiger partial charge on any atom is 0.340 e. The van der Waals surface area contributed by atoms with E-state index in [1.807, 2.05) is 0 Å². The lowest BCUT2D eigenvalue weighted by Gasteiger charge is -2.12. The Morgan fingerprint density at radius 1 is 1.19 bits per heavy atom. The van der Waals surface area contributed by atoms with E-state index in [1.165, 1.54) is 47.7 Å². The fourth-order valence-corrected chi connectivity index (χ4v) is 4.32. The van der Waals surface area contributed by atoms with Crippen LogP contribution in [-0.4, -0.2) is 36.8 Å². The number of nitro benzene ring substituents is 1. The van der Waals surface area contributed by atoms with Gasteiger partial charge < -0.3 is 4.74 Å². The number of aromatic nitrogens is 1. The van der Waals surface area contributed by atoms with Crippen molar-refractivity contribution < 1.29 is 27.7 Å². The van der Waals surface area contributed by atoms with Crippen molar-refractivity contribution >= 4 is 49.7 Å². The fourth-order valence-electron chi connectivity index (χ4n) is 2.49. The molecule has 3 aromatic rings. The van der Waals surface area contributed by atoms with Gasteiger partial charge in [-0.15, -0.1) is 11.3 Å². The van der Waals surface area contributed by atoms with E-state index < -0.39 is 39.1 Å². The van der Waals surface area contributed by atoms with Gasteiger partial charge in [0.25, 0.3) is 21.6 Å². The van der Waals surface area contributed by atoms with Crippen molar-refractivity contribution in [3.8, 4) is 0 Å². The molecular weight excluding hydrogens is 460 g/mol. The quantitative estimate of drug-likeness (QED) is 0.285. The van der Waals surface area contributed by atoms with Gasteiger partial charge in [-0.3, -0.25) is 24.9 Å². The first-order chi connectivity index (χ1) is 15.2. The molecule has 1 aromatic heterocycles. The number of nitro groups is 1. The molecule has 0 radical (unpaired) electrons. The number of esters is 1. The summed E-state index contributed by atoms with van der Waals surface area (Å²) in [5.41, 5.74) is 0.0774. The highest BCUT2D eigenvalue weighted by atomic mass is 32.2. The van der Waals surface area contributed by atoms with E-state index in [2.05, 4.69) is 15.0 Å². The number of anilines is 2. The molecule has 0 unspecified atom stereocenters. The maximum atomic E-state index is 12.7. The lowest BCUT2D eigenvalue weighted by atomic mass is 10.2. The van der Waals surface area contributed by atoms with Crippen LogP contribution in [0.25, 0.3) is 0 Å². The smallest absolute Gasteiger partial charge is 0.340 e. The van der Waals surface area contributed by atoms with Crippen LogP contribution in [-0.2, 0) is 19.6 Å². The van der Waals surface area contributed by atoms with Gasteiger partial charge in [0.1, 0.15) is 0 Å². The zero-order valence-electron chi connectivity index (χ0n) is 16.5. The number of thiazole rings is 1. The number of amides is 1. The summed E-state index contributed by atoms with van der Waals surface area (Å²) in [5.74, 6) is -1.55. The molecule has 13 heteroatoms. The highest BCUT2D eigenvalue weighted by Gasteiger charge is 2.22. The predicted octanol–water partition coefficient (Wildman–Crippen LogP) is 2.96. The maximum absolute atomic E-state index is 12.7. The monoisotopic (exact) mass is 476 g/mol. The van der Waals surface area contributed by atoms with E-state index in [4.69, 9.17) is 4.74 Å². The summed E-state index contributed by atoms with van der Waals surface area (Å²) in [6.07, 6.45) is 0. The molecule has 166 valence electrons. The first kappa shape index (κ1) is 22.8. The van der Waals surface area contributed by atoms with E-state index in [0.717, 1.165) is 17.8 Å². The number of carbonyl (C=O) groups is 2. The minimum atomic E-state index is -4.24. The molecule has 32 heavy (non-hydrogen) atoms. The van der Waals surface area contributed by atoms with Crippen molar-refractivity contribution in [1.29, 1.82) is 0 Å². The molecule has 0 fully saturated rings. The number of benzene rings is 2. The first-order valence-corrected chi connectivity index (χ1v) is 11.3. The Morgan fingerprint density at radius 3 is 2.62 bits per heavy atom. The number of rotatable bonds is 8. The Balaban J connectivity index is 1.72. The summed E-state index contributed by atoms with van der Waals surface area (Å²) in [6.45, 7) is 1.15. The molecule has 3 rings (SSSR count). The van der Waals surface area contributed by atoms with Crippen LogP contribution in [0, 0.1) is 17.0 Å². The largest absolute Gasteiger partial charge is 0.452 e. The molecule has 0 aliphatic heterocycles. The van der Waals surface area contributed by atoms with Gasteiger partial charge in [-0.2, -0.15) is 0 Å². The Labute approximate surface area is 186 Å². The van der Waals surface area contributed by atoms with Gasteiger partial charge in [-0.05, 0) is 25.1 Å². The summed E-state index contributed by atoms with van der Waals surface area (Å²) in [5, 5.41) is 15.5. The highest BCUT2D eigenvalue weighted by Crippen LogP contribution is 2.23. The number of para-hydroxylation sites is 1. The molecule has 1 amide bonds. The third-order valence-electron chi connectivity index (χ3n) is 3.93. The topological polar surface area (TPSA) is 158 Å². The molecule has 1 heterocycles. The number of nitrogens with one attached hydrogen (secondary N) is 2. The SMILES string of the molecule is Cc1csc(NC(=O)COC(=O)c2ccccc2NS(=O)(=O)c2cccc([N+](=O)[O-])c2)n1. The fraction of sp³-hybridized carbons (Fsp3) is 0.105. The Bertz CT molecular complexity index is 1290. The Hall–Kier alpha value is -3.84. The van der Waals surface area contributed by atoms with Crippen LogP contribution in [0.1, 0.15) is 16.1 Å². The Morgan fingerprint density at radius 2 is 1.94 bits per heavy atom. The van der Waals surface area contributed by atoms with Crippen molar-refractivity contribution in [1.82, 2.24) is 4.98 Å². The molecule has 0 atom stereocenters. The average molecular weight is 476 g/mol. The number of aryl methyl sites for hydroxylation is 1. The van der Waals surface area contributed by atoms with Crippen molar-refractivity contribution in [3.63, 3.8) is 0 Å². The van der Waals surface area contributed by atoms with Gasteiger partial charge in [0.15, 0.2) is 11.7 Å². The van der Waals surface area contributed by atoms with Gasteiger partial charge in [0.05, 0.1) is 26.8 Å². The second-order valence-corrected chi connectivity index (χ2v) is 8.86. The zero-order valence-corrected chi connectivity index (χ0v) is 18.1. The van der Waals surface area contributed by atoms with Crippen LogP contribution in [0.15, 0.2) is 58.8 Å². The zero-order chi connectivity index (χ0) is 23.3. The van der Waals surface area contributed by atoms with Crippen LogP contribution >= 0.6 is 11.3 Å². The number of non-ortho nitro benzene ring substituents is 1. The van der Waals surface area contributed by atoms with E-state index in [0.29, 0.717) is 5.13 Å². The molecule has 2 N–H and O–H groups in total. The van der Waals surface area contributed by atoms with Crippen LogP contribution < -0.4 is 10.0 Å². The molecule has 0 saturated heterocycles. The van der Waals surface area contributed by atoms with E-state index in [9.17, 15) is 28.1 Å². The minimum absolute atomic E-state index is 0.111. The number of carbonyl (C=O) groups excluding carboxylic acids is 2. The summed E-state index contributed by atoms with van der Waals surface area (Å²) in [6, 6.07) is 10.1. The minimum Gasteiger partial charge on any atom is -0.452 e. The van der Waals surface area contributed by atoms with E-state index >= 15 is 0 Å². The molecular formula is C19H16N4O7S2. The molecule has 11 nitrogen and oxygen atoms in total. The number of sulfonamides is 1. The van der Waals surface area contributed by atoms with Gasteiger partial charge in [0.2, 0.25) is 0 Å². The standard InChI is InChI=1S/C19H16N4O7S2/c1-12-11-31-19(20-12)21-17(24)10-30-18(25)15-7-2-3-8-16(15)22-32(28,29)14-6-4-5-13(9-14)23(26)27/h2-9,11,22H,10H2,1H3,(H,20,21,24). The van der Waals surface area contributed by atoms with Crippen LogP contribution in [0.2, 0.25) is 0 Å². The first-order valence-electron chi connectivity index (χ1n) is 8.91. The summed E-state index contributed by atoms with van der Waals surface area (Å²) >= 11 is 1.22. The van der Waals surface area contributed by atoms with Gasteiger partial charge in [-0.25, -0.2) is 18.2 Å². The van der Waals surface area contributed by atoms with Gasteiger partial charge in [0, 0.05) is 17.5 Å².